The Morgan fingerprint density at radius 2 is 1.79 bits per heavy atom. The first-order valence-electron chi connectivity index (χ1n) is 5.80. The summed E-state index contributed by atoms with van der Waals surface area (Å²) in [5, 5.41) is 1.16. The van der Waals surface area contributed by atoms with Crippen LogP contribution in [-0.2, 0) is 12.8 Å². The van der Waals surface area contributed by atoms with Gasteiger partial charge in [0.15, 0.2) is 4.77 Å². The van der Waals surface area contributed by atoms with E-state index in [0.29, 0.717) is 33.2 Å². The van der Waals surface area contributed by atoms with Crippen LogP contribution in [0.3, 0.4) is 0 Å². The van der Waals surface area contributed by atoms with Crippen molar-refractivity contribution < 1.29 is 0 Å². The molecule has 1 aromatic carbocycles. The predicted octanol–water partition coefficient (Wildman–Crippen LogP) is 3.89. The molecule has 0 fully saturated rings. The molecule has 0 radical (unpaired) electrons. The van der Waals surface area contributed by atoms with Gasteiger partial charge in [0.2, 0.25) is 0 Å². The molecular formula is C13H12Cl2N2OS. The summed E-state index contributed by atoms with van der Waals surface area (Å²) >= 11 is 17.3. The van der Waals surface area contributed by atoms with Gasteiger partial charge in [-0.3, -0.25) is 9.78 Å². The Morgan fingerprint density at radius 3 is 2.37 bits per heavy atom. The van der Waals surface area contributed by atoms with Crippen LogP contribution in [0.5, 0.6) is 0 Å². The molecule has 0 aliphatic rings. The Balaban J connectivity index is 2.55. The average molecular weight is 315 g/mol. The number of hydrogen-bond donors (Lipinski definition) is 2. The highest BCUT2D eigenvalue weighted by atomic mass is 35.5. The normalized spacial score (nSPS) is 10.7. The van der Waals surface area contributed by atoms with Crippen LogP contribution in [0.2, 0.25) is 10.0 Å². The van der Waals surface area contributed by atoms with Crippen LogP contribution in [-0.4, -0.2) is 9.97 Å². The highest BCUT2D eigenvalue weighted by Gasteiger charge is 2.11. The third kappa shape index (κ3) is 3.08. The van der Waals surface area contributed by atoms with E-state index in [-0.39, 0.29) is 5.56 Å². The zero-order valence-corrected chi connectivity index (χ0v) is 12.5. The first kappa shape index (κ1) is 14.3. The van der Waals surface area contributed by atoms with Gasteiger partial charge in [0, 0.05) is 27.7 Å². The minimum atomic E-state index is -0.163. The van der Waals surface area contributed by atoms with E-state index >= 15 is 0 Å². The van der Waals surface area contributed by atoms with Gasteiger partial charge in [-0.25, -0.2) is 0 Å². The van der Waals surface area contributed by atoms with Crippen LogP contribution in [0.25, 0.3) is 0 Å². The number of H-pyrrole nitrogens is 2. The van der Waals surface area contributed by atoms with Crippen molar-refractivity contribution >= 4 is 35.4 Å². The fourth-order valence-electron chi connectivity index (χ4n) is 1.96. The molecular weight excluding hydrogens is 303 g/mol. The number of aromatic nitrogens is 2. The molecule has 0 spiro atoms. The summed E-state index contributed by atoms with van der Waals surface area (Å²) in [6.07, 6.45) is 1.06. The van der Waals surface area contributed by atoms with Gasteiger partial charge in [-0.1, -0.05) is 36.2 Å². The summed E-state index contributed by atoms with van der Waals surface area (Å²) in [4.78, 5) is 17.4. The molecule has 0 unspecified atom stereocenters. The van der Waals surface area contributed by atoms with E-state index in [1.54, 1.807) is 18.2 Å². The molecule has 0 saturated carbocycles. The maximum absolute atomic E-state index is 11.8. The minimum absolute atomic E-state index is 0.163. The molecule has 0 atom stereocenters. The van der Waals surface area contributed by atoms with Gasteiger partial charge in [-0.2, -0.15) is 0 Å². The SMILES string of the molecule is CCc1c(Cc2c(Cl)cccc2Cl)[nH]c(=S)[nH]c1=O. The fraction of sp³-hybridized carbons (Fsp3) is 0.231. The zero-order chi connectivity index (χ0) is 14.0. The Bertz CT molecular complexity index is 701. The van der Waals surface area contributed by atoms with Crippen molar-refractivity contribution in [2.24, 2.45) is 0 Å². The van der Waals surface area contributed by atoms with E-state index in [1.165, 1.54) is 0 Å². The smallest absolute Gasteiger partial charge is 0.255 e. The minimum Gasteiger partial charge on any atom is -0.335 e. The molecule has 1 aromatic heterocycles. The number of hydrogen-bond acceptors (Lipinski definition) is 2. The first-order valence-corrected chi connectivity index (χ1v) is 6.96. The van der Waals surface area contributed by atoms with Crippen LogP contribution in [0.1, 0.15) is 23.7 Å². The van der Waals surface area contributed by atoms with Crippen molar-refractivity contribution in [3.8, 4) is 0 Å². The van der Waals surface area contributed by atoms with Gasteiger partial charge in [0.05, 0.1) is 0 Å². The summed E-state index contributed by atoms with van der Waals surface area (Å²) < 4.78 is 0.306. The van der Waals surface area contributed by atoms with Crippen molar-refractivity contribution in [2.45, 2.75) is 19.8 Å². The highest BCUT2D eigenvalue weighted by molar-refractivity contribution is 7.71. The lowest BCUT2D eigenvalue weighted by Gasteiger charge is -2.10. The van der Waals surface area contributed by atoms with Crippen molar-refractivity contribution in [3.05, 3.63) is 60.2 Å². The van der Waals surface area contributed by atoms with Crippen LogP contribution >= 0.6 is 35.4 Å². The predicted molar refractivity (Wildman–Crippen MR) is 80.9 cm³/mol. The van der Waals surface area contributed by atoms with Crippen LogP contribution in [0.4, 0.5) is 0 Å². The number of aromatic amines is 2. The number of benzene rings is 1. The second kappa shape index (κ2) is 5.90. The highest BCUT2D eigenvalue weighted by Crippen LogP contribution is 2.26. The quantitative estimate of drug-likeness (QED) is 0.844. The third-order valence-electron chi connectivity index (χ3n) is 2.90. The Hall–Kier alpha value is -1.10. The second-order valence-corrected chi connectivity index (χ2v) is 5.32. The van der Waals surface area contributed by atoms with E-state index < -0.39 is 0 Å². The molecule has 2 aromatic rings. The molecule has 6 heteroatoms. The Morgan fingerprint density at radius 1 is 1.16 bits per heavy atom. The standard InChI is InChI=1S/C13H12Cl2N2OS/c1-2-7-11(16-13(19)17-12(7)18)6-8-9(14)4-3-5-10(8)15/h3-5H,2,6H2,1H3,(H2,16,17,18,19). The lowest BCUT2D eigenvalue weighted by molar-refractivity contribution is 0.911. The van der Waals surface area contributed by atoms with Crippen molar-refractivity contribution in [1.29, 1.82) is 0 Å². The van der Waals surface area contributed by atoms with Gasteiger partial charge >= 0.3 is 0 Å². The molecule has 100 valence electrons. The lowest BCUT2D eigenvalue weighted by Crippen LogP contribution is -2.17. The fourth-order valence-corrected chi connectivity index (χ4v) is 2.71. The molecule has 19 heavy (non-hydrogen) atoms. The van der Waals surface area contributed by atoms with E-state index in [9.17, 15) is 4.79 Å². The van der Waals surface area contributed by atoms with E-state index in [2.05, 4.69) is 9.97 Å². The molecule has 0 aliphatic carbocycles. The van der Waals surface area contributed by atoms with Gasteiger partial charge in [-0.05, 0) is 36.3 Å². The van der Waals surface area contributed by atoms with E-state index in [4.69, 9.17) is 35.4 Å². The average Bonchev–Trinajstić information content (AvgIpc) is 2.33. The summed E-state index contributed by atoms with van der Waals surface area (Å²) in [5.41, 5.74) is 2.05. The summed E-state index contributed by atoms with van der Waals surface area (Å²) in [6, 6.07) is 5.33. The molecule has 0 bridgehead atoms. The summed E-state index contributed by atoms with van der Waals surface area (Å²) in [7, 11) is 0. The maximum Gasteiger partial charge on any atom is 0.255 e. The lowest BCUT2D eigenvalue weighted by atomic mass is 10.0. The number of rotatable bonds is 3. The van der Waals surface area contributed by atoms with Crippen LogP contribution in [0.15, 0.2) is 23.0 Å². The monoisotopic (exact) mass is 314 g/mol. The molecule has 0 saturated heterocycles. The zero-order valence-electron chi connectivity index (χ0n) is 10.2. The van der Waals surface area contributed by atoms with Crippen molar-refractivity contribution in [1.82, 2.24) is 9.97 Å². The van der Waals surface area contributed by atoms with Gasteiger partial charge in [0.25, 0.3) is 5.56 Å². The largest absolute Gasteiger partial charge is 0.335 e. The van der Waals surface area contributed by atoms with Gasteiger partial charge in [0.1, 0.15) is 0 Å². The first-order chi connectivity index (χ1) is 9.02. The maximum atomic E-state index is 11.8. The molecule has 0 aliphatic heterocycles. The Kier molecular flexibility index (Phi) is 4.45. The summed E-state index contributed by atoms with van der Waals surface area (Å²) in [5.74, 6) is 0. The second-order valence-electron chi connectivity index (χ2n) is 4.10. The molecule has 0 amide bonds. The van der Waals surface area contributed by atoms with Crippen LogP contribution in [0, 0.1) is 4.77 Å². The van der Waals surface area contributed by atoms with E-state index in [1.807, 2.05) is 6.92 Å². The van der Waals surface area contributed by atoms with Gasteiger partial charge < -0.3 is 4.98 Å². The number of nitrogens with one attached hydrogen (secondary N) is 2. The summed E-state index contributed by atoms with van der Waals surface area (Å²) in [6.45, 7) is 1.92. The molecule has 2 rings (SSSR count). The molecule has 1 heterocycles. The van der Waals surface area contributed by atoms with Crippen LogP contribution < -0.4 is 5.56 Å². The number of halogens is 2. The van der Waals surface area contributed by atoms with Crippen molar-refractivity contribution in [2.75, 3.05) is 0 Å². The molecule has 2 N–H and O–H groups in total. The third-order valence-corrected chi connectivity index (χ3v) is 3.81. The molecule has 3 nitrogen and oxygen atoms in total. The van der Waals surface area contributed by atoms with Crippen molar-refractivity contribution in [3.63, 3.8) is 0 Å². The Labute approximate surface area is 125 Å². The van der Waals surface area contributed by atoms with Gasteiger partial charge in [-0.15, -0.1) is 0 Å². The topological polar surface area (TPSA) is 48.6 Å². The van der Waals surface area contributed by atoms with E-state index in [0.717, 1.165) is 11.3 Å².